The second-order valence-electron chi connectivity index (χ2n) is 13.1. The number of sulfonamides is 1. The molecular formula is C34H46ClN5O6S2. The largest absolute Gasteiger partial charge is 0.506 e. The van der Waals surface area contributed by atoms with Crippen LogP contribution in [0.15, 0.2) is 52.7 Å². The molecule has 3 N–H and O–H groups in total. The normalized spacial score (nSPS) is 15.9. The Hall–Kier alpha value is -3.23. The molecular weight excluding hydrogens is 674 g/mol. The maximum Gasteiger partial charge on any atom is 0.321 e. The smallest absolute Gasteiger partial charge is 0.321 e. The highest BCUT2D eigenvalue weighted by molar-refractivity contribution is 7.89. The Morgan fingerprint density at radius 2 is 1.79 bits per heavy atom. The lowest BCUT2D eigenvalue weighted by Gasteiger charge is -2.34. The number of nitrogens with zero attached hydrogens (tertiary/aromatic N) is 4. The third-order valence-corrected chi connectivity index (χ3v) is 11.4. The minimum atomic E-state index is -4.17. The number of hydrogen-bond acceptors (Lipinski definition) is 8. The molecule has 1 saturated heterocycles. The maximum atomic E-state index is 14.1. The van der Waals surface area contributed by atoms with Gasteiger partial charge in [-0.1, -0.05) is 69.6 Å². The number of aliphatic hydroxyl groups is 1. The fourth-order valence-electron chi connectivity index (χ4n) is 5.99. The van der Waals surface area contributed by atoms with Crippen LogP contribution in [0.3, 0.4) is 0 Å². The number of carbonyl (C=O) groups excluding carboxylic acids is 2. The van der Waals surface area contributed by atoms with E-state index in [0.29, 0.717) is 25.2 Å². The van der Waals surface area contributed by atoms with Crippen LogP contribution in [0, 0.1) is 25.7 Å². The molecule has 1 aliphatic heterocycles. The van der Waals surface area contributed by atoms with Crippen LogP contribution in [0.1, 0.15) is 49.5 Å². The zero-order valence-electron chi connectivity index (χ0n) is 28.3. The monoisotopic (exact) mass is 719 g/mol. The third kappa shape index (κ3) is 9.06. The number of hydrogen-bond donors (Lipinski definition) is 3. The van der Waals surface area contributed by atoms with Crippen LogP contribution >= 0.6 is 22.9 Å². The van der Waals surface area contributed by atoms with Crippen molar-refractivity contribution in [2.75, 3.05) is 26.2 Å². The molecule has 2 heterocycles. The van der Waals surface area contributed by atoms with Gasteiger partial charge in [-0.15, -0.1) is 11.3 Å². The number of rotatable bonds is 15. The minimum absolute atomic E-state index is 0.0772. The summed E-state index contributed by atoms with van der Waals surface area (Å²) >= 11 is 7.63. The second kappa shape index (κ2) is 16.0. The summed E-state index contributed by atoms with van der Waals surface area (Å²) in [6.07, 6.45) is -1.09. The first kappa shape index (κ1) is 37.6. The van der Waals surface area contributed by atoms with E-state index in [1.807, 2.05) is 70.3 Å². The molecule has 2 aromatic carbocycles. The van der Waals surface area contributed by atoms with Crippen molar-refractivity contribution in [2.24, 2.45) is 11.8 Å². The summed E-state index contributed by atoms with van der Waals surface area (Å²) in [5.74, 6) is -0.995. The second-order valence-corrected chi connectivity index (χ2v) is 16.5. The van der Waals surface area contributed by atoms with E-state index in [1.54, 1.807) is 16.7 Å². The number of amides is 3. The number of urea groups is 1. The van der Waals surface area contributed by atoms with Crippen molar-refractivity contribution < 1.29 is 28.2 Å². The summed E-state index contributed by atoms with van der Waals surface area (Å²) in [6, 6.07) is 9.86. The van der Waals surface area contributed by atoms with Gasteiger partial charge in [0.25, 0.3) is 0 Å². The molecule has 1 aliphatic rings. The third-order valence-electron chi connectivity index (χ3n) is 8.29. The van der Waals surface area contributed by atoms with Gasteiger partial charge in [0.2, 0.25) is 15.9 Å². The van der Waals surface area contributed by atoms with Gasteiger partial charge >= 0.3 is 6.03 Å². The summed E-state index contributed by atoms with van der Waals surface area (Å²) in [7, 11) is -4.17. The number of aromatic hydroxyl groups is 1. The van der Waals surface area contributed by atoms with Crippen molar-refractivity contribution in [3.8, 4) is 5.75 Å². The molecule has 262 valence electrons. The summed E-state index contributed by atoms with van der Waals surface area (Å²) in [6.45, 7) is 11.9. The van der Waals surface area contributed by atoms with Crippen LogP contribution in [-0.4, -0.2) is 94.0 Å². The molecule has 0 unspecified atom stereocenters. The topological polar surface area (TPSA) is 143 Å². The van der Waals surface area contributed by atoms with Crippen molar-refractivity contribution in [3.63, 3.8) is 0 Å². The predicted molar refractivity (Wildman–Crippen MR) is 188 cm³/mol. The molecule has 3 atom stereocenters. The van der Waals surface area contributed by atoms with Gasteiger partial charge in [0.15, 0.2) is 0 Å². The quantitative estimate of drug-likeness (QED) is 0.205. The van der Waals surface area contributed by atoms with Gasteiger partial charge in [-0.25, -0.2) is 18.2 Å². The van der Waals surface area contributed by atoms with Crippen LogP contribution in [0.25, 0.3) is 0 Å². The van der Waals surface area contributed by atoms with E-state index >= 15 is 0 Å². The average Bonchev–Trinajstić information content (AvgIpc) is 3.58. The number of phenolic OH excluding ortho intramolecular Hbond substituents is 1. The summed E-state index contributed by atoms with van der Waals surface area (Å²) < 4.78 is 29.2. The zero-order valence-corrected chi connectivity index (χ0v) is 30.6. The highest BCUT2D eigenvalue weighted by Gasteiger charge is 2.41. The maximum absolute atomic E-state index is 14.1. The average molecular weight is 720 g/mol. The van der Waals surface area contributed by atoms with Crippen LogP contribution in [0.2, 0.25) is 5.02 Å². The van der Waals surface area contributed by atoms with E-state index in [9.17, 15) is 28.2 Å². The van der Waals surface area contributed by atoms with E-state index in [1.165, 1.54) is 27.8 Å². The van der Waals surface area contributed by atoms with Gasteiger partial charge in [-0.2, -0.15) is 4.31 Å². The van der Waals surface area contributed by atoms with E-state index < -0.39 is 34.1 Å². The number of nitrogens with one attached hydrogen (secondary N) is 1. The molecule has 0 aliphatic carbocycles. The summed E-state index contributed by atoms with van der Waals surface area (Å²) in [5, 5.41) is 27.5. The fraction of sp³-hybridized carbons (Fsp3) is 0.500. The number of thiazole rings is 1. The first-order valence-electron chi connectivity index (χ1n) is 16.1. The molecule has 1 fully saturated rings. The zero-order chi connectivity index (χ0) is 35.3. The van der Waals surface area contributed by atoms with Crippen LogP contribution in [0.4, 0.5) is 4.79 Å². The van der Waals surface area contributed by atoms with E-state index in [4.69, 9.17) is 11.6 Å². The number of aliphatic hydroxyl groups excluding tert-OH is 1. The van der Waals surface area contributed by atoms with Crippen molar-refractivity contribution in [3.05, 3.63) is 74.7 Å². The Morgan fingerprint density at radius 1 is 1.10 bits per heavy atom. The molecule has 0 radical (unpaired) electrons. The Bertz CT molecular complexity index is 1680. The number of aromatic nitrogens is 1. The summed E-state index contributed by atoms with van der Waals surface area (Å²) in [5.41, 5.74) is 1.95. The number of phenols is 1. The molecule has 4 rings (SSSR count). The van der Waals surface area contributed by atoms with Crippen LogP contribution < -0.4 is 5.32 Å². The minimum Gasteiger partial charge on any atom is -0.506 e. The van der Waals surface area contributed by atoms with Crippen molar-refractivity contribution in [1.29, 1.82) is 0 Å². The lowest BCUT2D eigenvalue weighted by Crippen LogP contribution is -2.57. The Morgan fingerprint density at radius 3 is 2.40 bits per heavy atom. The highest BCUT2D eigenvalue weighted by Crippen LogP contribution is 2.31. The molecule has 11 nitrogen and oxygen atoms in total. The highest BCUT2D eigenvalue weighted by atomic mass is 35.5. The van der Waals surface area contributed by atoms with Gasteiger partial charge in [-0.05, 0) is 55.4 Å². The van der Waals surface area contributed by atoms with Gasteiger partial charge in [0, 0.05) is 31.6 Å². The van der Waals surface area contributed by atoms with Crippen LogP contribution in [-0.2, 0) is 27.8 Å². The predicted octanol–water partition coefficient (Wildman–Crippen LogP) is 4.82. The molecule has 3 amide bonds. The Kier molecular flexibility index (Phi) is 12.5. The van der Waals surface area contributed by atoms with Gasteiger partial charge in [0.05, 0.1) is 39.3 Å². The molecule has 48 heavy (non-hydrogen) atoms. The fourth-order valence-corrected chi connectivity index (χ4v) is 8.67. The number of aryl methyl sites for hydroxylation is 2. The lowest BCUT2D eigenvalue weighted by molar-refractivity contribution is -0.128. The van der Waals surface area contributed by atoms with Gasteiger partial charge < -0.3 is 25.3 Å². The SMILES string of the molecule is Cc1nc(CN2CCN([C@H](C(=O)N[C@@H](Cc3ccccc3)[C@@H](O)CN(CC(C)C)S(=O)(=O)c3cc(Cl)c(O)cc3C)C(C)C)C2=O)cs1. The van der Waals surface area contributed by atoms with Crippen molar-refractivity contribution >= 4 is 44.9 Å². The lowest BCUT2D eigenvalue weighted by atomic mass is 9.97. The first-order valence-corrected chi connectivity index (χ1v) is 18.8. The first-order chi connectivity index (χ1) is 22.6. The summed E-state index contributed by atoms with van der Waals surface area (Å²) in [4.78, 5) is 35.3. The number of benzene rings is 2. The molecule has 0 saturated carbocycles. The van der Waals surface area contributed by atoms with Crippen molar-refractivity contribution in [2.45, 2.75) is 77.6 Å². The Balaban J connectivity index is 1.60. The van der Waals surface area contributed by atoms with Crippen molar-refractivity contribution in [1.82, 2.24) is 24.4 Å². The number of halogens is 1. The van der Waals surface area contributed by atoms with E-state index in [-0.39, 0.29) is 53.0 Å². The van der Waals surface area contributed by atoms with E-state index in [2.05, 4.69) is 10.3 Å². The molecule has 1 aromatic heterocycles. The van der Waals surface area contributed by atoms with Gasteiger partial charge in [-0.3, -0.25) is 4.79 Å². The number of carbonyl (C=O) groups is 2. The molecule has 14 heteroatoms. The molecule has 0 spiro atoms. The standard InChI is InChI=1S/C34H46ClN5O6S2/c1-21(2)17-39(48(45,46)31-16-27(35)29(41)14-23(31)5)19-30(42)28(15-25-10-8-7-9-11-25)37-33(43)32(22(3)4)40-13-12-38(34(40)44)18-26-20-47-24(6)36-26/h7-11,14,16,20-22,28,30,32,41-42H,12-13,15,17-19H2,1-6H3,(H,37,43)/t28-,30-,32-/m0/s1. The molecule has 0 bridgehead atoms. The van der Waals surface area contributed by atoms with E-state index in [0.717, 1.165) is 16.3 Å². The molecule has 3 aromatic rings. The Labute approximate surface area is 292 Å². The van der Waals surface area contributed by atoms with Crippen LogP contribution in [0.5, 0.6) is 5.75 Å². The van der Waals surface area contributed by atoms with Gasteiger partial charge in [0.1, 0.15) is 11.8 Å².